The average Bonchev–Trinajstić information content (AvgIpc) is 3.42. The Morgan fingerprint density at radius 3 is 2.69 bits per heavy atom. The molecule has 1 aromatic rings. The minimum absolute atomic E-state index is 0.0896. The van der Waals surface area contributed by atoms with Crippen molar-refractivity contribution < 1.29 is 18.6 Å². The summed E-state index contributed by atoms with van der Waals surface area (Å²) in [6.07, 6.45) is 2.09. The number of halogens is 1. The predicted molar refractivity (Wildman–Crippen MR) is 112 cm³/mol. The van der Waals surface area contributed by atoms with Crippen molar-refractivity contribution in [2.75, 3.05) is 38.1 Å². The summed E-state index contributed by atoms with van der Waals surface area (Å²) >= 11 is 3.76. The maximum absolute atomic E-state index is 11.2. The van der Waals surface area contributed by atoms with Gasteiger partial charge in [0.1, 0.15) is 0 Å². The topological polar surface area (TPSA) is 112 Å². The third-order valence-corrected chi connectivity index (χ3v) is 6.26. The molecule has 1 saturated carbocycles. The number of rotatable bonds is 9. The predicted octanol–water partition coefficient (Wildman–Crippen LogP) is 2.16. The third kappa shape index (κ3) is 5.93. The van der Waals surface area contributed by atoms with Crippen LogP contribution in [0.5, 0.6) is 0 Å². The zero-order valence-corrected chi connectivity index (χ0v) is 17.8. The van der Waals surface area contributed by atoms with Crippen molar-refractivity contribution in [3.63, 3.8) is 0 Å². The summed E-state index contributed by atoms with van der Waals surface area (Å²) in [5.41, 5.74) is 1.15. The van der Waals surface area contributed by atoms with Crippen LogP contribution in [0.2, 0.25) is 5.02 Å². The Bertz CT molecular complexity index is 794. The second-order valence-electron chi connectivity index (χ2n) is 7.68. The molecule has 1 saturated heterocycles. The highest BCUT2D eigenvalue weighted by atomic mass is 35.5. The molecule has 2 atom stereocenters. The summed E-state index contributed by atoms with van der Waals surface area (Å²) in [4.78, 5) is 1.86. The molecule has 0 radical (unpaired) electrons. The fourth-order valence-electron chi connectivity index (χ4n) is 3.10. The first kappa shape index (κ1) is 22.0. The van der Waals surface area contributed by atoms with Gasteiger partial charge >= 0.3 is 0 Å². The smallest absolute Gasteiger partial charge is 0.185 e. The molecule has 29 heavy (non-hydrogen) atoms. The van der Waals surface area contributed by atoms with Gasteiger partial charge in [0, 0.05) is 59.8 Å². The van der Waals surface area contributed by atoms with E-state index >= 15 is 0 Å². The molecule has 8 nitrogen and oxygen atoms in total. The molecule has 2 fully saturated rings. The normalized spacial score (nSPS) is 21.7. The Hall–Kier alpha value is -1.65. The molecule has 3 rings (SSSR count). The summed E-state index contributed by atoms with van der Waals surface area (Å²) in [7, 11) is 0. The van der Waals surface area contributed by atoms with Gasteiger partial charge in [0.15, 0.2) is 12.0 Å². The lowest BCUT2D eigenvalue weighted by molar-refractivity contribution is 0.0841. The molecule has 3 N–H and O–H groups in total. The zero-order chi connectivity index (χ0) is 21.0. The van der Waals surface area contributed by atoms with Crippen LogP contribution in [0.3, 0.4) is 0 Å². The number of allylic oxidation sites excluding steroid dienone is 1. The molecule has 0 aromatic heterocycles. The lowest BCUT2D eigenvalue weighted by atomic mass is 10.1. The Morgan fingerprint density at radius 1 is 1.45 bits per heavy atom. The van der Waals surface area contributed by atoms with Crippen LogP contribution < -0.4 is 5.32 Å². The Kier molecular flexibility index (Phi) is 7.18. The maximum Gasteiger partial charge on any atom is 0.185 e. The molecule has 0 amide bonds. The van der Waals surface area contributed by atoms with Crippen LogP contribution in [0, 0.1) is 10.8 Å². The largest absolute Gasteiger partial charge is 0.760 e. The highest BCUT2D eigenvalue weighted by Gasteiger charge is 2.39. The van der Waals surface area contributed by atoms with Crippen LogP contribution >= 0.6 is 11.6 Å². The molecule has 1 aromatic carbocycles. The summed E-state index contributed by atoms with van der Waals surface area (Å²) in [6, 6.07) is 6.98. The van der Waals surface area contributed by atoms with E-state index in [1.165, 1.54) is 4.31 Å². The van der Waals surface area contributed by atoms with Gasteiger partial charge in [0.25, 0.3) is 0 Å². The van der Waals surface area contributed by atoms with Crippen molar-refractivity contribution in [2.24, 2.45) is 5.41 Å². The van der Waals surface area contributed by atoms with Crippen molar-refractivity contribution in [3.8, 4) is 0 Å². The Labute approximate surface area is 178 Å². The van der Waals surface area contributed by atoms with Crippen molar-refractivity contribution in [3.05, 3.63) is 40.7 Å². The SMILES string of the molecule is CC1(CO/C(=C(/C=N)N2CCN(S(=O)[O-])CC2)C(O)Nc2cccc(Cl)c2)CC1. The standard InChI is InChI=1S/C19H27ClN4O4S/c1-19(5-6-19)13-28-17(18(25)22-15-4-2-3-14(20)11-15)16(12-21)23-7-9-24(10-8-23)29(26)27/h2-4,11-12,18,21-22,25H,5-10,13H2,1H3,(H,26,27)/p-1/b17-16-,21-12?. The summed E-state index contributed by atoms with van der Waals surface area (Å²) < 4.78 is 29.7. The zero-order valence-electron chi connectivity index (χ0n) is 16.3. The number of anilines is 1. The molecule has 0 spiro atoms. The minimum atomic E-state index is -2.26. The first-order valence-corrected chi connectivity index (χ1v) is 10.9. The number of nitrogens with zero attached hydrogens (tertiary/aromatic N) is 2. The highest BCUT2D eigenvalue weighted by Crippen LogP contribution is 2.45. The molecule has 10 heteroatoms. The van der Waals surface area contributed by atoms with Gasteiger partial charge in [-0.25, -0.2) is 4.31 Å². The first-order chi connectivity index (χ1) is 13.8. The van der Waals surface area contributed by atoms with E-state index in [1.54, 1.807) is 24.3 Å². The quantitative estimate of drug-likeness (QED) is 0.234. The molecular formula is C19H26ClN4O4S-. The molecule has 2 aliphatic rings. The number of aliphatic hydroxyl groups is 1. The number of aliphatic hydroxyl groups excluding tert-OH is 1. The van der Waals surface area contributed by atoms with E-state index in [0.717, 1.165) is 19.1 Å². The summed E-state index contributed by atoms with van der Waals surface area (Å²) in [6.45, 7) is 4.01. The van der Waals surface area contributed by atoms with Crippen molar-refractivity contribution in [1.82, 2.24) is 9.21 Å². The molecule has 1 heterocycles. The maximum atomic E-state index is 11.2. The van der Waals surface area contributed by atoms with Crippen LogP contribution in [0.1, 0.15) is 19.8 Å². The number of hydrogen-bond donors (Lipinski definition) is 3. The monoisotopic (exact) mass is 441 g/mol. The Morgan fingerprint density at radius 2 is 2.14 bits per heavy atom. The van der Waals surface area contributed by atoms with Crippen LogP contribution in [-0.2, 0) is 16.0 Å². The summed E-state index contributed by atoms with van der Waals surface area (Å²) in [5.74, 6) is 0.254. The fourth-order valence-corrected chi connectivity index (χ4v) is 3.75. The van der Waals surface area contributed by atoms with E-state index in [2.05, 4.69) is 12.2 Å². The van der Waals surface area contributed by atoms with Gasteiger partial charge < -0.3 is 30.0 Å². The van der Waals surface area contributed by atoms with Crippen LogP contribution in [-0.4, -0.2) is 68.3 Å². The molecule has 0 bridgehead atoms. The van der Waals surface area contributed by atoms with Crippen LogP contribution in [0.25, 0.3) is 0 Å². The van der Waals surface area contributed by atoms with Crippen molar-refractivity contribution in [1.29, 1.82) is 5.41 Å². The van der Waals surface area contributed by atoms with Crippen LogP contribution in [0.15, 0.2) is 35.7 Å². The lowest BCUT2D eigenvalue weighted by Crippen LogP contribution is -2.47. The molecule has 2 unspecified atom stereocenters. The van der Waals surface area contributed by atoms with Gasteiger partial charge in [-0.3, -0.25) is 4.21 Å². The number of piperazine rings is 1. The molecule has 1 aliphatic carbocycles. The molecular weight excluding hydrogens is 416 g/mol. The summed E-state index contributed by atoms with van der Waals surface area (Å²) in [5, 5.41) is 22.3. The van der Waals surface area contributed by atoms with Crippen LogP contribution in [0.4, 0.5) is 5.69 Å². The fraction of sp³-hybridized carbons (Fsp3) is 0.526. The van der Waals surface area contributed by atoms with E-state index in [9.17, 15) is 13.9 Å². The highest BCUT2D eigenvalue weighted by molar-refractivity contribution is 7.76. The van der Waals surface area contributed by atoms with E-state index in [1.807, 2.05) is 4.90 Å². The van der Waals surface area contributed by atoms with E-state index in [0.29, 0.717) is 49.2 Å². The van der Waals surface area contributed by atoms with E-state index in [4.69, 9.17) is 21.7 Å². The third-order valence-electron chi connectivity index (χ3n) is 5.24. The second-order valence-corrected chi connectivity index (χ2v) is 9.07. The lowest BCUT2D eigenvalue weighted by Gasteiger charge is -2.37. The molecule has 1 aliphatic heterocycles. The second kappa shape index (κ2) is 9.44. The average molecular weight is 442 g/mol. The Balaban J connectivity index is 1.81. The van der Waals surface area contributed by atoms with E-state index in [-0.39, 0.29) is 11.2 Å². The number of ether oxygens (including phenoxy) is 1. The number of nitrogens with one attached hydrogen (secondary N) is 2. The molecule has 160 valence electrons. The minimum Gasteiger partial charge on any atom is -0.760 e. The van der Waals surface area contributed by atoms with Gasteiger partial charge in [-0.15, -0.1) is 0 Å². The number of benzene rings is 1. The first-order valence-electron chi connectivity index (χ1n) is 9.48. The van der Waals surface area contributed by atoms with Gasteiger partial charge in [0.05, 0.1) is 12.3 Å². The van der Waals surface area contributed by atoms with Gasteiger partial charge in [0.2, 0.25) is 0 Å². The van der Waals surface area contributed by atoms with Gasteiger partial charge in [-0.05, 0) is 31.0 Å². The number of hydrogen-bond acceptors (Lipinski definition) is 7. The van der Waals surface area contributed by atoms with Crippen molar-refractivity contribution in [2.45, 2.75) is 26.0 Å². The van der Waals surface area contributed by atoms with Crippen molar-refractivity contribution >= 4 is 34.8 Å². The van der Waals surface area contributed by atoms with E-state index < -0.39 is 17.5 Å². The van der Waals surface area contributed by atoms with Gasteiger partial charge in [-0.1, -0.05) is 24.6 Å². The van der Waals surface area contributed by atoms with Gasteiger partial charge in [-0.2, -0.15) is 0 Å².